The van der Waals surface area contributed by atoms with Gasteiger partial charge in [0.15, 0.2) is 5.82 Å². The van der Waals surface area contributed by atoms with Crippen molar-refractivity contribution in [2.24, 2.45) is 0 Å². The number of aromatic nitrogens is 1. The SMILES string of the molecule is Cc1cc(NC(=O)[C@@H](C)SCC(=O)N2CCc3ccccc3C2)no1. The van der Waals surface area contributed by atoms with Crippen molar-refractivity contribution in [2.75, 3.05) is 17.6 Å². The summed E-state index contributed by atoms with van der Waals surface area (Å²) in [7, 11) is 0. The summed E-state index contributed by atoms with van der Waals surface area (Å²) >= 11 is 1.33. The number of nitrogens with zero attached hydrogens (tertiary/aromatic N) is 2. The van der Waals surface area contributed by atoms with E-state index in [-0.39, 0.29) is 22.8 Å². The highest BCUT2D eigenvalue weighted by atomic mass is 32.2. The van der Waals surface area contributed by atoms with Crippen LogP contribution >= 0.6 is 11.8 Å². The van der Waals surface area contributed by atoms with E-state index in [1.807, 2.05) is 17.0 Å². The van der Waals surface area contributed by atoms with Gasteiger partial charge in [0.1, 0.15) is 5.76 Å². The second-order valence-corrected chi connectivity index (χ2v) is 7.43. The highest BCUT2D eigenvalue weighted by Gasteiger charge is 2.22. The summed E-state index contributed by atoms with van der Waals surface area (Å²) in [6, 6.07) is 9.87. The Morgan fingerprint density at radius 1 is 1.36 bits per heavy atom. The zero-order valence-corrected chi connectivity index (χ0v) is 15.1. The third kappa shape index (κ3) is 4.42. The molecule has 2 amide bonds. The highest BCUT2D eigenvalue weighted by molar-refractivity contribution is 8.01. The van der Waals surface area contributed by atoms with Crippen LogP contribution in [0.5, 0.6) is 0 Å². The second-order valence-electron chi connectivity index (χ2n) is 6.10. The van der Waals surface area contributed by atoms with Crippen molar-refractivity contribution in [3.05, 3.63) is 47.2 Å². The van der Waals surface area contributed by atoms with Crippen molar-refractivity contribution in [3.63, 3.8) is 0 Å². The fourth-order valence-electron chi connectivity index (χ4n) is 2.73. The van der Waals surface area contributed by atoms with Gasteiger partial charge in [0.2, 0.25) is 11.8 Å². The minimum atomic E-state index is -0.349. The van der Waals surface area contributed by atoms with Gasteiger partial charge in [-0.1, -0.05) is 29.4 Å². The Labute approximate surface area is 150 Å². The summed E-state index contributed by atoms with van der Waals surface area (Å²) in [5, 5.41) is 6.08. The minimum absolute atomic E-state index is 0.0661. The van der Waals surface area contributed by atoms with Gasteiger partial charge in [-0.25, -0.2) is 0 Å². The fourth-order valence-corrected chi connectivity index (χ4v) is 3.51. The minimum Gasteiger partial charge on any atom is -0.360 e. The van der Waals surface area contributed by atoms with Gasteiger partial charge < -0.3 is 14.7 Å². The third-order valence-electron chi connectivity index (χ3n) is 4.19. The van der Waals surface area contributed by atoms with Crippen LogP contribution < -0.4 is 5.32 Å². The van der Waals surface area contributed by atoms with E-state index in [0.29, 0.717) is 18.1 Å². The van der Waals surface area contributed by atoms with Gasteiger partial charge >= 0.3 is 0 Å². The predicted octanol–water partition coefficient (Wildman–Crippen LogP) is 2.63. The van der Waals surface area contributed by atoms with Gasteiger partial charge in [0.25, 0.3) is 0 Å². The maximum atomic E-state index is 12.4. The van der Waals surface area contributed by atoms with Crippen LogP contribution in [-0.4, -0.2) is 39.4 Å². The van der Waals surface area contributed by atoms with Crippen LogP contribution in [0.2, 0.25) is 0 Å². The van der Waals surface area contributed by atoms with Crippen LogP contribution in [0, 0.1) is 6.92 Å². The van der Waals surface area contributed by atoms with Crippen LogP contribution in [0.1, 0.15) is 23.8 Å². The van der Waals surface area contributed by atoms with Crippen LogP contribution in [0.3, 0.4) is 0 Å². The zero-order chi connectivity index (χ0) is 17.8. The first-order valence-corrected chi connectivity index (χ1v) is 9.28. The Morgan fingerprint density at radius 2 is 2.12 bits per heavy atom. The van der Waals surface area contributed by atoms with E-state index in [9.17, 15) is 9.59 Å². The van der Waals surface area contributed by atoms with Crippen molar-refractivity contribution in [3.8, 4) is 0 Å². The summed E-state index contributed by atoms with van der Waals surface area (Å²) in [4.78, 5) is 26.4. The Kier molecular flexibility index (Phi) is 5.43. The molecule has 3 rings (SSSR count). The smallest absolute Gasteiger partial charge is 0.238 e. The van der Waals surface area contributed by atoms with E-state index in [1.165, 1.54) is 22.9 Å². The molecule has 25 heavy (non-hydrogen) atoms. The molecule has 1 aromatic carbocycles. The summed E-state index contributed by atoms with van der Waals surface area (Å²) in [6.45, 7) is 4.92. The van der Waals surface area contributed by atoms with Crippen molar-refractivity contribution in [1.29, 1.82) is 0 Å². The zero-order valence-electron chi connectivity index (χ0n) is 14.3. The van der Waals surface area contributed by atoms with Crippen molar-refractivity contribution < 1.29 is 14.1 Å². The molecule has 2 aromatic rings. The lowest BCUT2D eigenvalue weighted by atomic mass is 10.00. The van der Waals surface area contributed by atoms with Gasteiger partial charge in [-0.2, -0.15) is 0 Å². The molecule has 0 unspecified atom stereocenters. The molecule has 1 aliphatic rings. The number of carbonyl (C=O) groups excluding carboxylic acids is 2. The second kappa shape index (κ2) is 7.74. The van der Waals surface area contributed by atoms with E-state index in [2.05, 4.69) is 22.6 Å². The molecule has 6 nitrogen and oxygen atoms in total. The van der Waals surface area contributed by atoms with Gasteiger partial charge in [-0.3, -0.25) is 9.59 Å². The van der Waals surface area contributed by atoms with Crippen molar-refractivity contribution in [2.45, 2.75) is 32.1 Å². The van der Waals surface area contributed by atoms with E-state index in [1.54, 1.807) is 19.9 Å². The number of benzene rings is 1. The largest absolute Gasteiger partial charge is 0.360 e. The van der Waals surface area contributed by atoms with Crippen molar-refractivity contribution in [1.82, 2.24) is 10.1 Å². The molecule has 1 aromatic heterocycles. The fraction of sp³-hybridized carbons (Fsp3) is 0.389. The Balaban J connectivity index is 1.48. The van der Waals surface area contributed by atoms with E-state index < -0.39 is 0 Å². The molecule has 0 spiro atoms. The van der Waals surface area contributed by atoms with Crippen molar-refractivity contribution >= 4 is 29.4 Å². The lowest BCUT2D eigenvalue weighted by molar-refractivity contribution is -0.129. The summed E-state index contributed by atoms with van der Waals surface area (Å²) in [5.74, 6) is 1.20. The van der Waals surface area contributed by atoms with Crippen LogP contribution in [0.15, 0.2) is 34.9 Å². The first kappa shape index (κ1) is 17.5. The summed E-state index contributed by atoms with van der Waals surface area (Å²) in [5.41, 5.74) is 2.52. The molecule has 132 valence electrons. The number of anilines is 1. The number of amides is 2. The molecule has 0 bridgehead atoms. The average Bonchev–Trinajstić information content (AvgIpc) is 3.03. The van der Waals surface area contributed by atoms with E-state index in [0.717, 1.165) is 13.0 Å². The number of nitrogens with one attached hydrogen (secondary N) is 1. The molecule has 0 saturated carbocycles. The van der Waals surface area contributed by atoms with Crippen LogP contribution in [0.25, 0.3) is 0 Å². The Morgan fingerprint density at radius 3 is 2.84 bits per heavy atom. The molecule has 0 fully saturated rings. The van der Waals surface area contributed by atoms with Gasteiger partial charge in [0, 0.05) is 19.2 Å². The lowest BCUT2D eigenvalue weighted by Crippen LogP contribution is -2.37. The molecule has 0 radical (unpaired) electrons. The van der Waals surface area contributed by atoms with Crippen LogP contribution in [0.4, 0.5) is 5.82 Å². The number of hydrogen-bond donors (Lipinski definition) is 1. The number of aryl methyl sites for hydroxylation is 1. The number of rotatable bonds is 5. The number of thioether (sulfide) groups is 1. The highest BCUT2D eigenvalue weighted by Crippen LogP contribution is 2.20. The number of fused-ring (bicyclic) bond motifs is 1. The summed E-state index contributed by atoms with van der Waals surface area (Å²) < 4.78 is 4.92. The number of carbonyl (C=O) groups is 2. The normalized spacial score (nSPS) is 14.7. The first-order valence-electron chi connectivity index (χ1n) is 8.23. The van der Waals surface area contributed by atoms with Gasteiger partial charge in [-0.05, 0) is 31.4 Å². The third-order valence-corrected chi connectivity index (χ3v) is 5.32. The summed E-state index contributed by atoms with van der Waals surface area (Å²) in [6.07, 6.45) is 0.883. The standard InChI is InChI=1S/C18H21N3O3S/c1-12-9-16(20-24-12)19-18(23)13(2)25-11-17(22)21-8-7-14-5-3-4-6-15(14)10-21/h3-6,9,13H,7-8,10-11H2,1-2H3,(H,19,20,23)/t13-/m1/s1. The number of hydrogen-bond acceptors (Lipinski definition) is 5. The van der Waals surface area contributed by atoms with Crippen LogP contribution in [-0.2, 0) is 22.6 Å². The Bertz CT molecular complexity index is 774. The Hall–Kier alpha value is -2.28. The lowest BCUT2D eigenvalue weighted by Gasteiger charge is -2.29. The molecular formula is C18H21N3O3S. The molecule has 2 heterocycles. The topological polar surface area (TPSA) is 75.4 Å². The van der Waals surface area contributed by atoms with Gasteiger partial charge in [0.05, 0.1) is 11.0 Å². The quantitative estimate of drug-likeness (QED) is 0.888. The monoisotopic (exact) mass is 359 g/mol. The first-order chi connectivity index (χ1) is 12.0. The van der Waals surface area contributed by atoms with E-state index >= 15 is 0 Å². The molecule has 1 N–H and O–H groups in total. The molecule has 7 heteroatoms. The molecule has 1 atom stereocenters. The average molecular weight is 359 g/mol. The maximum Gasteiger partial charge on any atom is 0.238 e. The predicted molar refractivity (Wildman–Crippen MR) is 97.4 cm³/mol. The molecule has 1 aliphatic heterocycles. The molecule has 0 aliphatic carbocycles. The van der Waals surface area contributed by atoms with Gasteiger partial charge in [-0.15, -0.1) is 11.8 Å². The van der Waals surface area contributed by atoms with E-state index in [4.69, 9.17) is 4.52 Å². The molecule has 0 saturated heterocycles. The maximum absolute atomic E-state index is 12.4. The molecular weight excluding hydrogens is 338 g/mol.